The van der Waals surface area contributed by atoms with E-state index < -0.39 is 0 Å². The molecule has 0 saturated carbocycles. The number of carbonyl (C=O) groups is 1. The van der Waals surface area contributed by atoms with Crippen molar-refractivity contribution in [2.24, 2.45) is 0 Å². The van der Waals surface area contributed by atoms with E-state index in [1.165, 1.54) is 5.56 Å². The molecular weight excluding hydrogens is 226 g/mol. The van der Waals surface area contributed by atoms with Gasteiger partial charge in [-0.25, -0.2) is 4.98 Å². The van der Waals surface area contributed by atoms with Gasteiger partial charge in [0.15, 0.2) is 0 Å². The molecule has 1 aliphatic rings. The van der Waals surface area contributed by atoms with Crippen molar-refractivity contribution >= 4 is 11.7 Å². The summed E-state index contributed by atoms with van der Waals surface area (Å²) < 4.78 is 0. The van der Waals surface area contributed by atoms with Gasteiger partial charge < -0.3 is 9.80 Å². The first-order valence-electron chi connectivity index (χ1n) is 6.43. The number of carbonyl (C=O) groups excluding carboxylic acids is 1. The van der Waals surface area contributed by atoms with Crippen molar-refractivity contribution in [1.82, 2.24) is 9.88 Å². The van der Waals surface area contributed by atoms with Gasteiger partial charge in [0.2, 0.25) is 5.91 Å². The molecule has 1 fully saturated rings. The minimum Gasteiger partial charge on any atom is -0.363 e. The number of rotatable bonds is 2. The van der Waals surface area contributed by atoms with Crippen LogP contribution in [0.5, 0.6) is 0 Å². The molecule has 98 valence electrons. The molecule has 1 aromatic rings. The molecule has 18 heavy (non-hydrogen) atoms. The van der Waals surface area contributed by atoms with E-state index in [1.54, 1.807) is 6.92 Å². The van der Waals surface area contributed by atoms with E-state index in [0.717, 1.165) is 30.9 Å². The number of pyridine rings is 1. The first-order chi connectivity index (χ1) is 8.50. The van der Waals surface area contributed by atoms with Crippen molar-refractivity contribution in [3.8, 4) is 0 Å². The second-order valence-corrected chi connectivity index (χ2v) is 5.11. The van der Waals surface area contributed by atoms with E-state index >= 15 is 0 Å². The van der Waals surface area contributed by atoms with Crippen molar-refractivity contribution in [2.45, 2.75) is 32.7 Å². The fraction of sp³-hybridized carbons (Fsp3) is 0.571. The molecule has 0 aromatic carbocycles. The summed E-state index contributed by atoms with van der Waals surface area (Å²) in [4.78, 5) is 20.2. The smallest absolute Gasteiger partial charge is 0.219 e. The Hall–Kier alpha value is -1.58. The lowest BCUT2D eigenvalue weighted by Crippen LogP contribution is -2.28. The summed E-state index contributed by atoms with van der Waals surface area (Å²) in [5.41, 5.74) is 2.22. The third-order valence-electron chi connectivity index (χ3n) is 3.59. The first kappa shape index (κ1) is 12.9. The second-order valence-electron chi connectivity index (χ2n) is 5.11. The van der Waals surface area contributed by atoms with Crippen LogP contribution in [0, 0.1) is 6.92 Å². The largest absolute Gasteiger partial charge is 0.363 e. The molecule has 2 heterocycles. The minimum absolute atomic E-state index is 0.161. The fourth-order valence-electron chi connectivity index (χ4n) is 2.63. The van der Waals surface area contributed by atoms with Gasteiger partial charge in [-0.1, -0.05) is 6.07 Å². The molecule has 0 bridgehead atoms. The fourth-order valence-corrected chi connectivity index (χ4v) is 2.63. The number of hydrogen-bond acceptors (Lipinski definition) is 3. The predicted molar refractivity (Wildman–Crippen MR) is 72.7 cm³/mol. The third kappa shape index (κ3) is 2.33. The zero-order chi connectivity index (χ0) is 13.3. The number of hydrogen-bond donors (Lipinski definition) is 0. The van der Waals surface area contributed by atoms with Crippen LogP contribution in [0.15, 0.2) is 12.1 Å². The lowest BCUT2D eigenvalue weighted by atomic mass is 10.0. The average Bonchev–Trinajstić information content (AvgIpc) is 2.77. The Kier molecular flexibility index (Phi) is 3.55. The van der Waals surface area contributed by atoms with Gasteiger partial charge in [-0.05, 0) is 31.4 Å². The molecule has 0 radical (unpaired) electrons. The number of amides is 1. The Morgan fingerprint density at radius 1 is 1.44 bits per heavy atom. The normalized spacial score (nSPS) is 19.1. The second kappa shape index (κ2) is 4.96. The van der Waals surface area contributed by atoms with E-state index in [-0.39, 0.29) is 11.9 Å². The minimum atomic E-state index is 0.161. The van der Waals surface area contributed by atoms with Crippen LogP contribution in [0.25, 0.3) is 0 Å². The molecule has 0 spiro atoms. The zero-order valence-corrected chi connectivity index (χ0v) is 11.6. The maximum absolute atomic E-state index is 11.6. The van der Waals surface area contributed by atoms with E-state index in [0.29, 0.717) is 0 Å². The van der Waals surface area contributed by atoms with Crippen LogP contribution in [0.1, 0.15) is 37.1 Å². The lowest BCUT2D eigenvalue weighted by molar-refractivity contribution is -0.129. The highest BCUT2D eigenvalue weighted by molar-refractivity contribution is 5.74. The van der Waals surface area contributed by atoms with Gasteiger partial charge in [0.25, 0.3) is 0 Å². The third-order valence-corrected chi connectivity index (χ3v) is 3.59. The summed E-state index contributed by atoms with van der Waals surface area (Å²) in [7, 11) is 3.97. The first-order valence-corrected chi connectivity index (χ1v) is 6.43. The molecule has 1 saturated heterocycles. The molecule has 4 nitrogen and oxygen atoms in total. The Bertz CT molecular complexity index is 456. The van der Waals surface area contributed by atoms with Gasteiger partial charge in [-0.2, -0.15) is 0 Å². The molecule has 1 aliphatic heterocycles. The van der Waals surface area contributed by atoms with Crippen molar-refractivity contribution in [1.29, 1.82) is 0 Å². The molecule has 4 heteroatoms. The monoisotopic (exact) mass is 247 g/mol. The van der Waals surface area contributed by atoms with Gasteiger partial charge in [-0.3, -0.25) is 4.79 Å². The maximum atomic E-state index is 11.6. The summed E-state index contributed by atoms with van der Waals surface area (Å²) in [5.74, 6) is 1.12. The molecule has 2 rings (SSSR count). The highest BCUT2D eigenvalue weighted by Gasteiger charge is 2.29. The maximum Gasteiger partial charge on any atom is 0.219 e. The standard InChI is InChI=1S/C14H21N3O/c1-10-12(7-8-14(15-10)16(3)4)13-6-5-9-17(13)11(2)18/h7-8,13H,5-6,9H2,1-4H3. The summed E-state index contributed by atoms with van der Waals surface area (Å²) in [6, 6.07) is 4.36. The number of aryl methyl sites for hydroxylation is 1. The molecular formula is C14H21N3O. The molecule has 0 N–H and O–H groups in total. The number of anilines is 1. The number of likely N-dealkylation sites (tertiary alicyclic amines) is 1. The topological polar surface area (TPSA) is 36.4 Å². The Labute approximate surface area is 109 Å². The van der Waals surface area contributed by atoms with Crippen LogP contribution in [0.2, 0.25) is 0 Å². The quantitative estimate of drug-likeness (QED) is 0.803. The van der Waals surface area contributed by atoms with Crippen molar-refractivity contribution < 1.29 is 4.79 Å². The number of nitrogens with zero attached hydrogens (tertiary/aromatic N) is 3. The van der Waals surface area contributed by atoms with E-state index in [1.807, 2.05) is 36.9 Å². The van der Waals surface area contributed by atoms with Crippen molar-refractivity contribution in [3.05, 3.63) is 23.4 Å². The zero-order valence-electron chi connectivity index (χ0n) is 11.6. The van der Waals surface area contributed by atoms with Crippen LogP contribution in [0.3, 0.4) is 0 Å². The van der Waals surface area contributed by atoms with Crippen LogP contribution in [-0.2, 0) is 4.79 Å². The summed E-state index contributed by atoms with van der Waals surface area (Å²) in [6.45, 7) is 4.54. The van der Waals surface area contributed by atoms with Gasteiger partial charge in [0.05, 0.1) is 6.04 Å². The summed E-state index contributed by atoms with van der Waals surface area (Å²) >= 11 is 0. The lowest BCUT2D eigenvalue weighted by Gasteiger charge is -2.25. The van der Waals surface area contributed by atoms with Gasteiger partial charge in [0, 0.05) is 33.3 Å². The number of aromatic nitrogens is 1. The Morgan fingerprint density at radius 3 is 2.72 bits per heavy atom. The predicted octanol–water partition coefficient (Wildman–Crippen LogP) is 2.14. The SMILES string of the molecule is CC(=O)N1CCCC1c1ccc(N(C)C)nc1C. The van der Waals surface area contributed by atoms with Gasteiger partial charge >= 0.3 is 0 Å². The molecule has 1 unspecified atom stereocenters. The highest BCUT2D eigenvalue weighted by atomic mass is 16.2. The summed E-state index contributed by atoms with van der Waals surface area (Å²) in [5, 5.41) is 0. The van der Waals surface area contributed by atoms with Crippen LogP contribution < -0.4 is 4.90 Å². The molecule has 0 aliphatic carbocycles. The Morgan fingerprint density at radius 2 is 2.17 bits per heavy atom. The van der Waals surface area contributed by atoms with Gasteiger partial charge in [0.1, 0.15) is 5.82 Å². The Balaban J connectivity index is 2.31. The molecule has 1 aromatic heterocycles. The highest BCUT2D eigenvalue weighted by Crippen LogP contribution is 2.33. The molecule has 1 atom stereocenters. The van der Waals surface area contributed by atoms with Crippen LogP contribution in [-0.4, -0.2) is 36.4 Å². The van der Waals surface area contributed by atoms with E-state index in [4.69, 9.17) is 0 Å². The van der Waals surface area contributed by atoms with Crippen LogP contribution >= 0.6 is 0 Å². The molecule has 1 amide bonds. The van der Waals surface area contributed by atoms with Gasteiger partial charge in [-0.15, -0.1) is 0 Å². The van der Waals surface area contributed by atoms with Crippen molar-refractivity contribution in [2.75, 3.05) is 25.5 Å². The van der Waals surface area contributed by atoms with Crippen molar-refractivity contribution in [3.63, 3.8) is 0 Å². The van der Waals surface area contributed by atoms with E-state index in [9.17, 15) is 4.79 Å². The average molecular weight is 247 g/mol. The van der Waals surface area contributed by atoms with E-state index in [2.05, 4.69) is 11.1 Å². The summed E-state index contributed by atoms with van der Waals surface area (Å²) in [6.07, 6.45) is 2.13. The van der Waals surface area contributed by atoms with Crippen LogP contribution in [0.4, 0.5) is 5.82 Å².